The highest BCUT2D eigenvalue weighted by Crippen LogP contribution is 2.27. The van der Waals surface area contributed by atoms with Crippen LogP contribution in [0.1, 0.15) is 28.7 Å². The minimum Gasteiger partial charge on any atom is -0.493 e. The van der Waals surface area contributed by atoms with E-state index < -0.39 is 0 Å². The van der Waals surface area contributed by atoms with Gasteiger partial charge in [-0.15, -0.1) is 0 Å². The summed E-state index contributed by atoms with van der Waals surface area (Å²) in [7, 11) is 0. The molecule has 6 nitrogen and oxygen atoms in total. The number of amides is 2. The van der Waals surface area contributed by atoms with E-state index in [1.54, 1.807) is 0 Å². The predicted octanol–water partition coefficient (Wildman–Crippen LogP) is 2.62. The fraction of sp³-hybridized carbons (Fsp3) is 0.462. The fourth-order valence-electron chi connectivity index (χ4n) is 4.99. The molecule has 3 heterocycles. The lowest BCUT2D eigenvalue weighted by atomic mass is 10.1. The summed E-state index contributed by atoms with van der Waals surface area (Å²) in [4.78, 5) is 31.8. The molecule has 1 unspecified atom stereocenters. The van der Waals surface area contributed by atoms with Gasteiger partial charge in [0.2, 0.25) is 11.8 Å². The SMILES string of the molecule is Cc1ccc(CN2CC(C(=O)N3CCN(Cc4ccc5c(c4)CCO5)CC3)CC2=O)cc1. The Kier molecular flexibility index (Phi) is 5.87. The maximum Gasteiger partial charge on any atom is 0.228 e. The van der Waals surface area contributed by atoms with Crippen LogP contribution in [0.15, 0.2) is 42.5 Å². The number of carbonyl (C=O) groups excluding carboxylic acids is 2. The number of fused-ring (bicyclic) bond motifs is 1. The van der Waals surface area contributed by atoms with Gasteiger partial charge in [-0.05, 0) is 29.7 Å². The summed E-state index contributed by atoms with van der Waals surface area (Å²) in [6.07, 6.45) is 1.33. The van der Waals surface area contributed by atoms with Crippen LogP contribution >= 0.6 is 0 Å². The molecule has 2 amide bonds. The number of piperazine rings is 1. The zero-order valence-corrected chi connectivity index (χ0v) is 18.8. The number of rotatable bonds is 5. The van der Waals surface area contributed by atoms with E-state index in [4.69, 9.17) is 4.74 Å². The normalized spacial score (nSPS) is 21.0. The van der Waals surface area contributed by atoms with Crippen LogP contribution in [0.5, 0.6) is 5.75 Å². The third-order valence-corrected chi connectivity index (χ3v) is 6.90. The Bertz CT molecular complexity index is 996. The summed E-state index contributed by atoms with van der Waals surface area (Å²) < 4.78 is 5.60. The molecular formula is C26H31N3O3. The van der Waals surface area contributed by atoms with Crippen molar-refractivity contribution in [1.29, 1.82) is 0 Å². The Morgan fingerprint density at radius 2 is 1.75 bits per heavy atom. The third kappa shape index (κ3) is 4.51. The highest BCUT2D eigenvalue weighted by Gasteiger charge is 2.37. The van der Waals surface area contributed by atoms with Crippen molar-refractivity contribution in [2.75, 3.05) is 39.3 Å². The lowest BCUT2D eigenvalue weighted by molar-refractivity contribution is -0.137. The van der Waals surface area contributed by atoms with Crippen molar-refractivity contribution in [1.82, 2.24) is 14.7 Å². The molecule has 3 aliphatic heterocycles. The molecule has 6 heteroatoms. The first-order chi connectivity index (χ1) is 15.5. The van der Waals surface area contributed by atoms with Gasteiger partial charge in [0.15, 0.2) is 0 Å². The van der Waals surface area contributed by atoms with Gasteiger partial charge < -0.3 is 14.5 Å². The quantitative estimate of drug-likeness (QED) is 0.728. The zero-order chi connectivity index (χ0) is 22.1. The molecule has 168 valence electrons. The summed E-state index contributed by atoms with van der Waals surface area (Å²) in [6, 6.07) is 14.7. The van der Waals surface area contributed by atoms with E-state index >= 15 is 0 Å². The smallest absolute Gasteiger partial charge is 0.228 e. The van der Waals surface area contributed by atoms with Crippen molar-refractivity contribution in [3.63, 3.8) is 0 Å². The van der Waals surface area contributed by atoms with Gasteiger partial charge in [0.25, 0.3) is 0 Å². The number of benzene rings is 2. The largest absolute Gasteiger partial charge is 0.493 e. The highest BCUT2D eigenvalue weighted by molar-refractivity contribution is 5.89. The lowest BCUT2D eigenvalue weighted by Gasteiger charge is -2.36. The van der Waals surface area contributed by atoms with Crippen molar-refractivity contribution in [3.8, 4) is 5.75 Å². The van der Waals surface area contributed by atoms with Gasteiger partial charge in [-0.2, -0.15) is 0 Å². The molecular weight excluding hydrogens is 402 g/mol. The molecule has 0 aromatic heterocycles. The Morgan fingerprint density at radius 3 is 2.53 bits per heavy atom. The Morgan fingerprint density at radius 1 is 1.00 bits per heavy atom. The van der Waals surface area contributed by atoms with Gasteiger partial charge >= 0.3 is 0 Å². The van der Waals surface area contributed by atoms with Crippen molar-refractivity contribution >= 4 is 11.8 Å². The van der Waals surface area contributed by atoms with E-state index in [1.807, 2.05) is 9.80 Å². The molecule has 0 radical (unpaired) electrons. The molecule has 0 aliphatic carbocycles. The fourth-order valence-corrected chi connectivity index (χ4v) is 4.99. The van der Waals surface area contributed by atoms with Crippen LogP contribution in [-0.2, 0) is 29.1 Å². The maximum atomic E-state index is 13.1. The van der Waals surface area contributed by atoms with Crippen LogP contribution in [0.3, 0.4) is 0 Å². The van der Waals surface area contributed by atoms with Crippen molar-refractivity contribution in [2.24, 2.45) is 5.92 Å². The van der Waals surface area contributed by atoms with Gasteiger partial charge in [-0.25, -0.2) is 0 Å². The standard InChI is InChI=1S/C26H31N3O3/c1-19-2-4-20(5-3-19)17-29-18-23(15-25(29)30)26(31)28-11-9-27(10-12-28)16-21-6-7-24-22(14-21)8-13-32-24/h2-7,14,23H,8-13,15-18H2,1H3. The van der Waals surface area contributed by atoms with Gasteiger partial charge in [-0.1, -0.05) is 42.0 Å². The Hall–Kier alpha value is -2.86. The Balaban J connectivity index is 1.12. The van der Waals surface area contributed by atoms with Crippen LogP contribution < -0.4 is 4.74 Å². The summed E-state index contributed by atoms with van der Waals surface area (Å²) in [6.45, 7) is 8.06. The third-order valence-electron chi connectivity index (χ3n) is 6.90. The van der Waals surface area contributed by atoms with Gasteiger partial charge in [0.05, 0.1) is 12.5 Å². The van der Waals surface area contributed by atoms with Crippen LogP contribution in [-0.4, -0.2) is 65.8 Å². The van der Waals surface area contributed by atoms with Crippen LogP contribution in [0.4, 0.5) is 0 Å². The first kappa shape index (κ1) is 21.0. The molecule has 0 bridgehead atoms. The van der Waals surface area contributed by atoms with Crippen molar-refractivity contribution in [3.05, 3.63) is 64.7 Å². The summed E-state index contributed by atoms with van der Waals surface area (Å²) >= 11 is 0. The molecule has 2 fully saturated rings. The second kappa shape index (κ2) is 8.94. The number of hydrogen-bond acceptors (Lipinski definition) is 4. The first-order valence-electron chi connectivity index (χ1n) is 11.6. The molecule has 0 N–H and O–H groups in total. The second-order valence-electron chi connectivity index (χ2n) is 9.30. The second-order valence-corrected chi connectivity index (χ2v) is 9.30. The van der Waals surface area contributed by atoms with E-state index in [-0.39, 0.29) is 17.7 Å². The molecule has 32 heavy (non-hydrogen) atoms. The van der Waals surface area contributed by atoms with Crippen LogP contribution in [0, 0.1) is 12.8 Å². The van der Waals surface area contributed by atoms with Gasteiger partial charge in [0, 0.05) is 58.7 Å². The number of aryl methyl sites for hydroxylation is 1. The molecule has 3 aliphatic rings. The van der Waals surface area contributed by atoms with Gasteiger partial charge in [-0.3, -0.25) is 14.5 Å². The van der Waals surface area contributed by atoms with Crippen molar-refractivity contribution < 1.29 is 14.3 Å². The summed E-state index contributed by atoms with van der Waals surface area (Å²) in [5.74, 6) is 1.03. The number of ether oxygens (including phenoxy) is 1. The Labute approximate surface area is 189 Å². The maximum absolute atomic E-state index is 13.1. The number of nitrogens with zero attached hydrogens (tertiary/aromatic N) is 3. The van der Waals surface area contributed by atoms with Gasteiger partial charge in [0.1, 0.15) is 5.75 Å². The predicted molar refractivity (Wildman–Crippen MR) is 122 cm³/mol. The average Bonchev–Trinajstić information content (AvgIpc) is 3.41. The van der Waals surface area contributed by atoms with E-state index in [1.165, 1.54) is 16.7 Å². The number of hydrogen-bond donors (Lipinski definition) is 0. The van der Waals surface area contributed by atoms with E-state index in [9.17, 15) is 9.59 Å². The average molecular weight is 434 g/mol. The van der Waals surface area contributed by atoms with Crippen molar-refractivity contribution in [2.45, 2.75) is 32.9 Å². The lowest BCUT2D eigenvalue weighted by Crippen LogP contribution is -2.50. The molecule has 5 rings (SSSR count). The number of likely N-dealkylation sites (tertiary alicyclic amines) is 1. The minimum atomic E-state index is -0.212. The van der Waals surface area contributed by atoms with Crippen LogP contribution in [0.25, 0.3) is 0 Å². The topological polar surface area (TPSA) is 53.1 Å². The number of carbonyl (C=O) groups is 2. The molecule has 2 saturated heterocycles. The van der Waals surface area contributed by atoms with Crippen LogP contribution in [0.2, 0.25) is 0 Å². The highest BCUT2D eigenvalue weighted by atomic mass is 16.5. The minimum absolute atomic E-state index is 0.0863. The van der Waals surface area contributed by atoms with E-state index in [0.29, 0.717) is 19.5 Å². The molecule has 0 saturated carbocycles. The summed E-state index contributed by atoms with van der Waals surface area (Å²) in [5.41, 5.74) is 4.93. The van der Waals surface area contributed by atoms with E-state index in [0.717, 1.165) is 57.1 Å². The molecule has 2 aromatic rings. The van der Waals surface area contributed by atoms with E-state index in [2.05, 4.69) is 54.3 Å². The monoisotopic (exact) mass is 433 g/mol. The first-order valence-corrected chi connectivity index (χ1v) is 11.6. The zero-order valence-electron chi connectivity index (χ0n) is 18.8. The summed E-state index contributed by atoms with van der Waals surface area (Å²) in [5, 5.41) is 0. The molecule has 2 aromatic carbocycles. The molecule has 1 atom stereocenters. The molecule has 0 spiro atoms.